The van der Waals surface area contributed by atoms with E-state index in [1.165, 1.54) is 6.21 Å². The van der Waals surface area contributed by atoms with Gasteiger partial charge in [0.05, 0.1) is 11.9 Å². The highest BCUT2D eigenvalue weighted by atomic mass is 79.9. The molecule has 0 radical (unpaired) electrons. The standard InChI is InChI=1S/C23H17BrN4O/c24-20(12-16-6-2-1-3-7-16)15-25-28-23(29)22-14-21(26-27-22)19-11-10-17-8-4-5-9-18(17)13-19/h1-15H,(H,26,27)(H,28,29)/b20-12-,25-15+. The Hall–Kier alpha value is -3.51. The van der Waals surface area contributed by atoms with Crippen molar-refractivity contribution in [2.75, 3.05) is 0 Å². The molecule has 1 heterocycles. The number of carbonyl (C=O) groups excluding carboxylic acids is 1. The van der Waals surface area contributed by atoms with E-state index in [1.54, 1.807) is 6.07 Å². The lowest BCUT2D eigenvalue weighted by atomic mass is 10.1. The van der Waals surface area contributed by atoms with Crippen LogP contribution in [-0.2, 0) is 0 Å². The molecule has 0 unspecified atom stereocenters. The minimum Gasteiger partial charge on any atom is -0.272 e. The highest BCUT2D eigenvalue weighted by Gasteiger charge is 2.10. The Morgan fingerprint density at radius 1 is 0.966 bits per heavy atom. The Morgan fingerprint density at radius 2 is 1.72 bits per heavy atom. The Labute approximate surface area is 176 Å². The Morgan fingerprint density at radius 3 is 2.55 bits per heavy atom. The summed E-state index contributed by atoms with van der Waals surface area (Å²) in [4.78, 5) is 12.3. The number of H-pyrrole nitrogens is 1. The van der Waals surface area contributed by atoms with Crippen LogP contribution in [0.2, 0.25) is 0 Å². The number of carbonyl (C=O) groups is 1. The van der Waals surface area contributed by atoms with Crippen molar-refractivity contribution in [1.29, 1.82) is 0 Å². The average Bonchev–Trinajstić information content (AvgIpc) is 3.24. The van der Waals surface area contributed by atoms with Gasteiger partial charge in [0.1, 0.15) is 5.69 Å². The van der Waals surface area contributed by atoms with Crippen molar-refractivity contribution in [1.82, 2.24) is 15.6 Å². The lowest BCUT2D eigenvalue weighted by Gasteiger charge is -2.00. The zero-order chi connectivity index (χ0) is 20.1. The fraction of sp³-hybridized carbons (Fsp3) is 0. The number of halogens is 1. The monoisotopic (exact) mass is 444 g/mol. The maximum atomic E-state index is 12.3. The molecule has 0 atom stereocenters. The number of benzene rings is 3. The molecule has 4 rings (SSSR count). The smallest absolute Gasteiger partial charge is 0.272 e. The molecule has 6 heteroatoms. The summed E-state index contributed by atoms with van der Waals surface area (Å²) in [7, 11) is 0. The largest absolute Gasteiger partial charge is 0.289 e. The second-order valence-corrected chi connectivity index (χ2v) is 7.28. The van der Waals surface area contributed by atoms with E-state index in [0.29, 0.717) is 11.4 Å². The van der Waals surface area contributed by atoms with Gasteiger partial charge in [0.2, 0.25) is 0 Å². The topological polar surface area (TPSA) is 70.1 Å². The number of fused-ring (bicyclic) bond motifs is 1. The summed E-state index contributed by atoms with van der Waals surface area (Å²) in [6, 6.07) is 25.7. The van der Waals surface area contributed by atoms with Crippen LogP contribution in [0.5, 0.6) is 0 Å². The summed E-state index contributed by atoms with van der Waals surface area (Å²) in [5.74, 6) is -0.360. The number of hydrazone groups is 1. The van der Waals surface area contributed by atoms with E-state index in [0.717, 1.165) is 26.4 Å². The Bertz CT molecular complexity index is 1210. The minimum atomic E-state index is -0.360. The summed E-state index contributed by atoms with van der Waals surface area (Å²) >= 11 is 3.42. The van der Waals surface area contributed by atoms with Crippen molar-refractivity contribution in [3.05, 3.63) is 94.6 Å². The zero-order valence-electron chi connectivity index (χ0n) is 15.3. The minimum absolute atomic E-state index is 0.341. The fourth-order valence-electron chi connectivity index (χ4n) is 2.89. The van der Waals surface area contributed by atoms with Gasteiger partial charge in [-0.15, -0.1) is 0 Å². The molecule has 0 bridgehead atoms. The molecule has 2 N–H and O–H groups in total. The molecule has 0 saturated heterocycles. The molecule has 0 aliphatic carbocycles. The predicted molar refractivity (Wildman–Crippen MR) is 121 cm³/mol. The Balaban J connectivity index is 1.43. The van der Waals surface area contributed by atoms with Crippen LogP contribution in [-0.4, -0.2) is 22.3 Å². The molecule has 0 aliphatic rings. The highest BCUT2D eigenvalue weighted by molar-refractivity contribution is 9.12. The molecule has 0 fully saturated rings. The molecule has 142 valence electrons. The molecule has 29 heavy (non-hydrogen) atoms. The second kappa shape index (κ2) is 8.67. The second-order valence-electron chi connectivity index (χ2n) is 6.37. The van der Waals surface area contributed by atoms with Crippen molar-refractivity contribution in [3.8, 4) is 11.3 Å². The lowest BCUT2D eigenvalue weighted by molar-refractivity contribution is 0.0950. The van der Waals surface area contributed by atoms with Crippen LogP contribution in [0, 0.1) is 0 Å². The quantitative estimate of drug-likeness (QED) is 0.320. The normalized spacial score (nSPS) is 11.8. The third-order valence-corrected chi connectivity index (χ3v) is 4.76. The number of rotatable bonds is 5. The fourth-order valence-corrected chi connectivity index (χ4v) is 3.26. The number of aromatic amines is 1. The first-order valence-electron chi connectivity index (χ1n) is 8.99. The van der Waals surface area contributed by atoms with E-state index < -0.39 is 0 Å². The molecular weight excluding hydrogens is 428 g/mol. The van der Waals surface area contributed by atoms with E-state index in [9.17, 15) is 4.79 Å². The number of nitrogens with one attached hydrogen (secondary N) is 2. The molecular formula is C23H17BrN4O. The van der Waals surface area contributed by atoms with Gasteiger partial charge in [-0.25, -0.2) is 5.43 Å². The number of allylic oxidation sites excluding steroid dienone is 1. The van der Waals surface area contributed by atoms with Crippen LogP contribution in [0.25, 0.3) is 28.1 Å². The highest BCUT2D eigenvalue weighted by Crippen LogP contribution is 2.23. The van der Waals surface area contributed by atoms with Gasteiger partial charge in [-0.05, 0) is 50.5 Å². The zero-order valence-corrected chi connectivity index (χ0v) is 16.9. The number of aromatic nitrogens is 2. The van der Waals surface area contributed by atoms with Gasteiger partial charge in [0.15, 0.2) is 0 Å². The van der Waals surface area contributed by atoms with E-state index >= 15 is 0 Å². The molecule has 1 amide bonds. The van der Waals surface area contributed by atoms with Gasteiger partial charge in [0, 0.05) is 10.0 Å². The number of hydrogen-bond acceptors (Lipinski definition) is 3. The Kier molecular flexibility index (Phi) is 5.63. The summed E-state index contributed by atoms with van der Waals surface area (Å²) in [5, 5.41) is 13.3. The third kappa shape index (κ3) is 4.67. The molecule has 3 aromatic carbocycles. The SMILES string of the molecule is O=C(N/N=C/C(Br)=C/c1ccccc1)c1cc(-c2ccc3ccccc3c2)n[nH]1. The maximum Gasteiger partial charge on any atom is 0.289 e. The summed E-state index contributed by atoms with van der Waals surface area (Å²) in [6.07, 6.45) is 3.44. The first-order chi connectivity index (χ1) is 14.2. The van der Waals surface area contributed by atoms with Crippen molar-refractivity contribution in [2.45, 2.75) is 0 Å². The molecule has 1 aromatic heterocycles. The van der Waals surface area contributed by atoms with Crippen LogP contribution in [0.15, 0.2) is 88.4 Å². The van der Waals surface area contributed by atoms with Gasteiger partial charge in [-0.3, -0.25) is 9.89 Å². The van der Waals surface area contributed by atoms with Crippen molar-refractivity contribution in [2.24, 2.45) is 5.10 Å². The molecule has 0 aliphatic heterocycles. The van der Waals surface area contributed by atoms with Crippen molar-refractivity contribution < 1.29 is 4.79 Å². The maximum absolute atomic E-state index is 12.3. The van der Waals surface area contributed by atoms with Gasteiger partial charge < -0.3 is 0 Å². The summed E-state index contributed by atoms with van der Waals surface area (Å²) in [5.41, 5.74) is 5.52. The number of amides is 1. The van der Waals surface area contributed by atoms with Crippen LogP contribution >= 0.6 is 15.9 Å². The van der Waals surface area contributed by atoms with Crippen LogP contribution in [0.4, 0.5) is 0 Å². The van der Waals surface area contributed by atoms with Crippen molar-refractivity contribution in [3.63, 3.8) is 0 Å². The molecule has 0 saturated carbocycles. The average molecular weight is 445 g/mol. The lowest BCUT2D eigenvalue weighted by Crippen LogP contribution is -2.17. The number of nitrogens with zero attached hydrogens (tertiary/aromatic N) is 2. The molecule has 4 aromatic rings. The van der Waals surface area contributed by atoms with Gasteiger partial charge in [0.25, 0.3) is 5.91 Å². The van der Waals surface area contributed by atoms with Crippen molar-refractivity contribution >= 4 is 44.9 Å². The first kappa shape index (κ1) is 18.8. The summed E-state index contributed by atoms with van der Waals surface area (Å²) in [6.45, 7) is 0. The first-order valence-corrected chi connectivity index (χ1v) is 9.78. The van der Waals surface area contributed by atoms with E-state index in [4.69, 9.17) is 0 Å². The van der Waals surface area contributed by atoms with E-state index in [2.05, 4.69) is 54.9 Å². The van der Waals surface area contributed by atoms with Crippen LogP contribution in [0.3, 0.4) is 0 Å². The molecule has 0 spiro atoms. The van der Waals surface area contributed by atoms with Crippen LogP contribution < -0.4 is 5.43 Å². The van der Waals surface area contributed by atoms with Gasteiger partial charge >= 0.3 is 0 Å². The van der Waals surface area contributed by atoms with Gasteiger partial charge in [-0.2, -0.15) is 10.2 Å². The molecule has 5 nitrogen and oxygen atoms in total. The number of hydrogen-bond donors (Lipinski definition) is 2. The predicted octanol–water partition coefficient (Wildman–Crippen LogP) is 5.38. The van der Waals surface area contributed by atoms with Gasteiger partial charge in [-0.1, -0.05) is 66.7 Å². The van der Waals surface area contributed by atoms with Crippen LogP contribution in [0.1, 0.15) is 16.1 Å². The summed E-state index contributed by atoms with van der Waals surface area (Å²) < 4.78 is 0.741. The van der Waals surface area contributed by atoms with E-state index in [-0.39, 0.29) is 5.91 Å². The van der Waals surface area contributed by atoms with E-state index in [1.807, 2.05) is 60.7 Å². The third-order valence-electron chi connectivity index (χ3n) is 4.33.